The number of carbonyl (C=O) groups is 1. The highest BCUT2D eigenvalue weighted by Crippen LogP contribution is 2.32. The third-order valence-corrected chi connectivity index (χ3v) is 3.84. The lowest BCUT2D eigenvalue weighted by atomic mass is 10.0. The second-order valence-electron chi connectivity index (χ2n) is 4.63. The molecule has 0 heterocycles. The molecule has 0 saturated heterocycles. The third-order valence-electron chi connectivity index (χ3n) is 3.34. The summed E-state index contributed by atoms with van der Waals surface area (Å²) in [7, 11) is 0. The van der Waals surface area contributed by atoms with Gasteiger partial charge in [-0.15, -0.1) is 0 Å². The van der Waals surface area contributed by atoms with Gasteiger partial charge in [0.25, 0.3) is 0 Å². The molecule has 0 bridgehead atoms. The summed E-state index contributed by atoms with van der Waals surface area (Å²) < 4.78 is 5.87. The summed E-state index contributed by atoms with van der Waals surface area (Å²) in [5, 5.41) is 0.518. The van der Waals surface area contributed by atoms with Crippen molar-refractivity contribution in [3.05, 3.63) is 63.7 Å². The van der Waals surface area contributed by atoms with E-state index in [1.54, 1.807) is 6.07 Å². The van der Waals surface area contributed by atoms with Crippen molar-refractivity contribution >= 4 is 17.9 Å². The zero-order chi connectivity index (χ0) is 14.5. The smallest absolute Gasteiger partial charge is 0.151 e. The van der Waals surface area contributed by atoms with Crippen LogP contribution in [0.25, 0.3) is 0 Å². The standard InChI is InChI=1S/C17H17ClO2/c1-3-15-12(2)17(18)14(10-19)9-16(15)20-11-13-7-5-4-6-8-13/h4-10H,3,11H2,1-2H3. The molecular formula is C17H17ClO2. The Kier molecular flexibility index (Phi) is 4.80. The number of hydrogen-bond acceptors (Lipinski definition) is 2. The van der Waals surface area contributed by atoms with E-state index < -0.39 is 0 Å². The van der Waals surface area contributed by atoms with Crippen molar-refractivity contribution in [2.24, 2.45) is 0 Å². The lowest BCUT2D eigenvalue weighted by Crippen LogP contribution is -2.02. The highest BCUT2D eigenvalue weighted by Gasteiger charge is 2.13. The van der Waals surface area contributed by atoms with Gasteiger partial charge in [0.05, 0.1) is 5.02 Å². The van der Waals surface area contributed by atoms with Crippen LogP contribution >= 0.6 is 11.6 Å². The van der Waals surface area contributed by atoms with Gasteiger partial charge in [-0.05, 0) is 36.1 Å². The van der Waals surface area contributed by atoms with Gasteiger partial charge < -0.3 is 4.74 Å². The van der Waals surface area contributed by atoms with Gasteiger partial charge >= 0.3 is 0 Å². The number of rotatable bonds is 5. The molecule has 2 rings (SSSR count). The molecule has 0 fully saturated rings. The molecule has 0 aliphatic heterocycles. The lowest BCUT2D eigenvalue weighted by molar-refractivity contribution is 0.112. The first-order chi connectivity index (χ1) is 9.67. The van der Waals surface area contributed by atoms with Gasteiger partial charge in [0.1, 0.15) is 12.4 Å². The second kappa shape index (κ2) is 6.58. The van der Waals surface area contributed by atoms with Crippen LogP contribution in [0.3, 0.4) is 0 Å². The minimum atomic E-state index is 0.476. The van der Waals surface area contributed by atoms with Gasteiger partial charge in [0.15, 0.2) is 6.29 Å². The van der Waals surface area contributed by atoms with Crippen molar-refractivity contribution in [2.75, 3.05) is 0 Å². The fraction of sp³-hybridized carbons (Fsp3) is 0.235. The van der Waals surface area contributed by atoms with Gasteiger partial charge in [-0.1, -0.05) is 48.9 Å². The number of halogens is 1. The molecule has 0 radical (unpaired) electrons. The van der Waals surface area contributed by atoms with Crippen molar-refractivity contribution < 1.29 is 9.53 Å². The fourth-order valence-corrected chi connectivity index (χ4v) is 2.43. The summed E-state index contributed by atoms with van der Waals surface area (Å²) >= 11 is 6.18. The summed E-state index contributed by atoms with van der Waals surface area (Å²) in [6.07, 6.45) is 1.58. The topological polar surface area (TPSA) is 26.3 Å². The minimum Gasteiger partial charge on any atom is -0.489 e. The molecule has 20 heavy (non-hydrogen) atoms. The molecule has 104 valence electrons. The first kappa shape index (κ1) is 14.6. The lowest BCUT2D eigenvalue weighted by Gasteiger charge is -2.15. The van der Waals surface area contributed by atoms with E-state index in [9.17, 15) is 4.79 Å². The number of benzene rings is 2. The molecule has 0 unspecified atom stereocenters. The molecule has 0 aliphatic carbocycles. The van der Waals surface area contributed by atoms with Crippen molar-refractivity contribution in [3.63, 3.8) is 0 Å². The first-order valence-electron chi connectivity index (χ1n) is 6.61. The molecular weight excluding hydrogens is 272 g/mol. The van der Waals surface area contributed by atoms with E-state index in [-0.39, 0.29) is 0 Å². The van der Waals surface area contributed by atoms with Crippen LogP contribution in [-0.4, -0.2) is 6.29 Å². The predicted octanol–water partition coefficient (Wildman–Crippen LogP) is 4.60. The van der Waals surface area contributed by atoms with Crippen LogP contribution in [0, 0.1) is 6.92 Å². The normalized spacial score (nSPS) is 10.3. The zero-order valence-electron chi connectivity index (χ0n) is 11.7. The number of aldehydes is 1. The summed E-state index contributed by atoms with van der Waals surface area (Å²) in [5.74, 6) is 0.736. The molecule has 0 saturated carbocycles. The van der Waals surface area contributed by atoms with Gasteiger partial charge in [0.2, 0.25) is 0 Å². The van der Waals surface area contributed by atoms with Crippen molar-refractivity contribution in [2.45, 2.75) is 26.9 Å². The van der Waals surface area contributed by atoms with Crippen LogP contribution in [0.2, 0.25) is 5.02 Å². The second-order valence-corrected chi connectivity index (χ2v) is 5.01. The minimum absolute atomic E-state index is 0.476. The average molecular weight is 289 g/mol. The number of hydrogen-bond donors (Lipinski definition) is 0. The fourth-order valence-electron chi connectivity index (χ4n) is 2.21. The monoisotopic (exact) mass is 288 g/mol. The average Bonchev–Trinajstić information content (AvgIpc) is 2.49. The van der Waals surface area contributed by atoms with Crippen LogP contribution in [-0.2, 0) is 13.0 Å². The van der Waals surface area contributed by atoms with Crippen molar-refractivity contribution in [1.29, 1.82) is 0 Å². The van der Waals surface area contributed by atoms with E-state index in [0.717, 1.165) is 35.1 Å². The maximum absolute atomic E-state index is 11.1. The summed E-state index contributed by atoms with van der Waals surface area (Å²) in [6, 6.07) is 11.7. The molecule has 2 nitrogen and oxygen atoms in total. The molecule has 2 aromatic rings. The maximum Gasteiger partial charge on any atom is 0.151 e. The summed E-state index contributed by atoms with van der Waals surface area (Å²) in [6.45, 7) is 4.45. The Balaban J connectivity index is 2.31. The maximum atomic E-state index is 11.1. The Morgan fingerprint density at radius 3 is 2.55 bits per heavy atom. The van der Waals surface area contributed by atoms with E-state index in [2.05, 4.69) is 6.92 Å². The number of carbonyl (C=O) groups excluding carboxylic acids is 1. The molecule has 3 heteroatoms. The molecule has 0 amide bonds. The Hall–Kier alpha value is -1.80. The Morgan fingerprint density at radius 1 is 1.25 bits per heavy atom. The van der Waals surface area contributed by atoms with Crippen molar-refractivity contribution in [1.82, 2.24) is 0 Å². The molecule has 0 aromatic heterocycles. The molecule has 0 atom stereocenters. The van der Waals surface area contributed by atoms with Gasteiger partial charge in [-0.25, -0.2) is 0 Å². The largest absolute Gasteiger partial charge is 0.489 e. The van der Waals surface area contributed by atoms with Crippen molar-refractivity contribution in [3.8, 4) is 5.75 Å². The molecule has 2 aromatic carbocycles. The van der Waals surface area contributed by atoms with E-state index >= 15 is 0 Å². The Morgan fingerprint density at radius 2 is 1.95 bits per heavy atom. The SMILES string of the molecule is CCc1c(OCc2ccccc2)cc(C=O)c(Cl)c1C. The highest BCUT2D eigenvalue weighted by atomic mass is 35.5. The molecule has 0 spiro atoms. The van der Waals surface area contributed by atoms with Crippen LogP contribution < -0.4 is 4.74 Å². The summed E-state index contributed by atoms with van der Waals surface area (Å²) in [5.41, 5.74) is 3.54. The van der Waals surface area contributed by atoms with E-state index in [0.29, 0.717) is 17.2 Å². The molecule has 0 N–H and O–H groups in total. The van der Waals surface area contributed by atoms with Crippen LogP contribution in [0.5, 0.6) is 5.75 Å². The van der Waals surface area contributed by atoms with E-state index in [4.69, 9.17) is 16.3 Å². The van der Waals surface area contributed by atoms with Gasteiger partial charge in [-0.3, -0.25) is 4.79 Å². The Bertz CT molecular complexity index is 606. The third kappa shape index (κ3) is 3.02. The van der Waals surface area contributed by atoms with E-state index in [1.807, 2.05) is 37.3 Å². The van der Waals surface area contributed by atoms with E-state index in [1.165, 1.54) is 0 Å². The quantitative estimate of drug-likeness (QED) is 0.752. The van der Waals surface area contributed by atoms with Crippen LogP contribution in [0.4, 0.5) is 0 Å². The Labute approximate surface area is 124 Å². The number of ether oxygens (including phenoxy) is 1. The van der Waals surface area contributed by atoms with Gasteiger partial charge in [0, 0.05) is 5.56 Å². The highest BCUT2D eigenvalue weighted by molar-refractivity contribution is 6.33. The zero-order valence-corrected chi connectivity index (χ0v) is 12.4. The van der Waals surface area contributed by atoms with Gasteiger partial charge in [-0.2, -0.15) is 0 Å². The predicted molar refractivity (Wildman–Crippen MR) is 81.7 cm³/mol. The first-order valence-corrected chi connectivity index (χ1v) is 6.99. The van der Waals surface area contributed by atoms with Crippen LogP contribution in [0.1, 0.15) is 34.0 Å². The van der Waals surface area contributed by atoms with Crippen LogP contribution in [0.15, 0.2) is 36.4 Å². The summed E-state index contributed by atoms with van der Waals surface area (Å²) in [4.78, 5) is 11.1. The molecule has 0 aliphatic rings.